The standard InChI is InChI=1S/C20H22N4OS/c1-15-6-12-26-18(15)20(25)24-10-2-3-17(14-24)19-22-9-11-23(19)13-16-4-7-21-8-5-16/h4-9,11-12,17H,2-3,10,13-14H2,1H3/t17-/m1/s1. The van der Waals surface area contributed by atoms with Gasteiger partial charge >= 0.3 is 0 Å². The first-order chi connectivity index (χ1) is 12.7. The molecule has 134 valence electrons. The molecule has 1 atom stereocenters. The maximum absolute atomic E-state index is 12.9. The van der Waals surface area contributed by atoms with Gasteiger partial charge in [0.1, 0.15) is 5.82 Å². The van der Waals surface area contributed by atoms with Crippen molar-refractivity contribution < 1.29 is 4.79 Å². The number of likely N-dealkylation sites (tertiary alicyclic amines) is 1. The van der Waals surface area contributed by atoms with Crippen molar-refractivity contribution >= 4 is 17.2 Å². The first kappa shape index (κ1) is 17.0. The van der Waals surface area contributed by atoms with Gasteiger partial charge in [-0.15, -0.1) is 11.3 Å². The lowest BCUT2D eigenvalue weighted by atomic mass is 9.96. The summed E-state index contributed by atoms with van der Waals surface area (Å²) >= 11 is 1.54. The maximum Gasteiger partial charge on any atom is 0.264 e. The van der Waals surface area contributed by atoms with Crippen molar-refractivity contribution in [1.29, 1.82) is 0 Å². The Bertz CT molecular complexity index is 886. The van der Waals surface area contributed by atoms with Crippen LogP contribution in [0.15, 0.2) is 48.4 Å². The topological polar surface area (TPSA) is 51.0 Å². The zero-order valence-electron chi connectivity index (χ0n) is 14.8. The summed E-state index contributed by atoms with van der Waals surface area (Å²) in [6.07, 6.45) is 9.61. The van der Waals surface area contributed by atoms with Crippen LogP contribution in [0.25, 0.3) is 0 Å². The van der Waals surface area contributed by atoms with E-state index in [1.165, 1.54) is 16.9 Å². The third kappa shape index (κ3) is 3.42. The van der Waals surface area contributed by atoms with Crippen molar-refractivity contribution in [2.45, 2.75) is 32.2 Å². The molecule has 5 nitrogen and oxygen atoms in total. The number of aryl methyl sites for hydroxylation is 1. The molecule has 3 aromatic rings. The number of hydrogen-bond acceptors (Lipinski definition) is 4. The molecule has 1 fully saturated rings. The average molecular weight is 366 g/mol. The summed E-state index contributed by atoms with van der Waals surface area (Å²) in [7, 11) is 0. The number of amides is 1. The summed E-state index contributed by atoms with van der Waals surface area (Å²) in [5.74, 6) is 1.52. The number of aromatic nitrogens is 3. The molecule has 0 radical (unpaired) electrons. The maximum atomic E-state index is 12.9. The Morgan fingerprint density at radius 2 is 2.12 bits per heavy atom. The highest BCUT2D eigenvalue weighted by atomic mass is 32.1. The molecule has 1 amide bonds. The molecule has 1 aliphatic heterocycles. The molecule has 0 aliphatic carbocycles. The highest BCUT2D eigenvalue weighted by Gasteiger charge is 2.29. The minimum atomic E-state index is 0.162. The van der Waals surface area contributed by atoms with Gasteiger partial charge in [0.25, 0.3) is 5.91 Å². The quantitative estimate of drug-likeness (QED) is 0.707. The van der Waals surface area contributed by atoms with E-state index in [0.29, 0.717) is 0 Å². The van der Waals surface area contributed by atoms with Crippen molar-refractivity contribution in [2.75, 3.05) is 13.1 Å². The summed E-state index contributed by atoms with van der Waals surface area (Å²) in [5, 5.41) is 1.99. The van der Waals surface area contributed by atoms with Crippen LogP contribution in [-0.4, -0.2) is 38.4 Å². The molecule has 0 aromatic carbocycles. The molecule has 4 rings (SSSR count). The third-order valence-corrected chi connectivity index (χ3v) is 5.98. The van der Waals surface area contributed by atoms with Crippen molar-refractivity contribution in [3.05, 3.63) is 70.2 Å². The lowest BCUT2D eigenvalue weighted by Gasteiger charge is -2.32. The molecule has 3 aromatic heterocycles. The Hall–Kier alpha value is -2.47. The van der Waals surface area contributed by atoms with E-state index in [1.54, 1.807) is 0 Å². The molecule has 0 unspecified atom stereocenters. The molecule has 26 heavy (non-hydrogen) atoms. The first-order valence-corrected chi connectivity index (χ1v) is 9.83. The van der Waals surface area contributed by atoms with E-state index >= 15 is 0 Å². The summed E-state index contributed by atoms with van der Waals surface area (Å²) < 4.78 is 2.20. The number of piperidine rings is 1. The van der Waals surface area contributed by atoms with Crippen molar-refractivity contribution in [2.24, 2.45) is 0 Å². The second kappa shape index (κ2) is 7.41. The van der Waals surface area contributed by atoms with Gasteiger partial charge in [0.15, 0.2) is 0 Å². The van der Waals surface area contributed by atoms with Crippen LogP contribution in [0.3, 0.4) is 0 Å². The minimum Gasteiger partial charge on any atom is -0.337 e. The van der Waals surface area contributed by atoms with E-state index in [-0.39, 0.29) is 11.8 Å². The average Bonchev–Trinajstić information content (AvgIpc) is 3.31. The van der Waals surface area contributed by atoms with Gasteiger partial charge in [0, 0.05) is 50.3 Å². The third-order valence-electron chi connectivity index (χ3n) is 4.98. The highest BCUT2D eigenvalue weighted by Crippen LogP contribution is 2.28. The number of nitrogens with zero attached hydrogens (tertiary/aromatic N) is 4. The summed E-state index contributed by atoms with van der Waals surface area (Å²) in [4.78, 5) is 24.4. The molecule has 0 bridgehead atoms. The van der Waals surface area contributed by atoms with E-state index in [4.69, 9.17) is 0 Å². The van der Waals surface area contributed by atoms with E-state index in [1.807, 2.05) is 60.2 Å². The lowest BCUT2D eigenvalue weighted by molar-refractivity contribution is 0.0707. The highest BCUT2D eigenvalue weighted by molar-refractivity contribution is 7.12. The summed E-state index contributed by atoms with van der Waals surface area (Å²) in [6.45, 7) is 4.36. The van der Waals surface area contributed by atoms with Gasteiger partial charge in [-0.3, -0.25) is 9.78 Å². The number of thiophene rings is 1. The minimum absolute atomic E-state index is 0.162. The monoisotopic (exact) mass is 366 g/mol. The Morgan fingerprint density at radius 1 is 1.27 bits per heavy atom. The Labute approximate surface area is 157 Å². The fourth-order valence-electron chi connectivity index (χ4n) is 3.61. The van der Waals surface area contributed by atoms with Gasteiger partial charge < -0.3 is 9.47 Å². The molecular formula is C20H22N4OS. The summed E-state index contributed by atoms with van der Waals surface area (Å²) in [6, 6.07) is 6.07. The number of imidazole rings is 1. The Morgan fingerprint density at radius 3 is 2.88 bits per heavy atom. The number of hydrogen-bond donors (Lipinski definition) is 0. The smallest absolute Gasteiger partial charge is 0.264 e. The van der Waals surface area contributed by atoms with Crippen LogP contribution in [0.5, 0.6) is 0 Å². The molecular weight excluding hydrogens is 344 g/mol. The molecule has 1 aliphatic rings. The van der Waals surface area contributed by atoms with Gasteiger partial charge in [-0.25, -0.2) is 4.98 Å². The Kier molecular flexibility index (Phi) is 4.84. The SMILES string of the molecule is Cc1ccsc1C(=O)N1CCC[C@@H](c2nccn2Cc2ccncc2)C1. The summed E-state index contributed by atoms with van der Waals surface area (Å²) in [5.41, 5.74) is 2.28. The second-order valence-corrected chi connectivity index (χ2v) is 7.71. The van der Waals surface area contributed by atoms with Crippen LogP contribution in [0.1, 0.15) is 45.4 Å². The molecule has 4 heterocycles. The number of carbonyl (C=O) groups is 1. The molecule has 0 spiro atoms. The van der Waals surface area contributed by atoms with Crippen molar-refractivity contribution in [1.82, 2.24) is 19.4 Å². The second-order valence-electron chi connectivity index (χ2n) is 6.79. The first-order valence-electron chi connectivity index (χ1n) is 8.95. The van der Waals surface area contributed by atoms with Crippen molar-refractivity contribution in [3.63, 3.8) is 0 Å². The number of rotatable bonds is 4. The largest absolute Gasteiger partial charge is 0.337 e. The van der Waals surface area contributed by atoms with Crippen molar-refractivity contribution in [3.8, 4) is 0 Å². The molecule has 0 saturated carbocycles. The van der Waals surface area contributed by atoms with Crippen LogP contribution in [0.4, 0.5) is 0 Å². The molecule has 1 saturated heterocycles. The van der Waals surface area contributed by atoms with Gasteiger partial charge in [0.05, 0.1) is 4.88 Å². The van der Waals surface area contributed by atoms with E-state index in [9.17, 15) is 4.79 Å². The number of pyridine rings is 1. The van der Waals surface area contributed by atoms with Gasteiger partial charge in [-0.2, -0.15) is 0 Å². The van der Waals surface area contributed by atoms with Crippen LogP contribution in [-0.2, 0) is 6.54 Å². The van der Waals surface area contributed by atoms with E-state index in [0.717, 1.165) is 48.7 Å². The van der Waals surface area contributed by atoms with Crippen LogP contribution in [0.2, 0.25) is 0 Å². The predicted octanol–water partition coefficient (Wildman–Crippen LogP) is 3.72. The zero-order valence-corrected chi connectivity index (χ0v) is 15.7. The van der Waals surface area contributed by atoms with Gasteiger partial charge in [0.2, 0.25) is 0 Å². The Balaban J connectivity index is 1.51. The number of carbonyl (C=O) groups excluding carboxylic acids is 1. The van der Waals surface area contributed by atoms with Crippen LogP contribution >= 0.6 is 11.3 Å². The fourth-order valence-corrected chi connectivity index (χ4v) is 4.50. The molecule has 0 N–H and O–H groups in total. The fraction of sp³-hybridized carbons (Fsp3) is 0.350. The van der Waals surface area contributed by atoms with Crippen LogP contribution < -0.4 is 0 Å². The van der Waals surface area contributed by atoms with Gasteiger partial charge in [-0.1, -0.05) is 0 Å². The lowest BCUT2D eigenvalue weighted by Crippen LogP contribution is -2.39. The van der Waals surface area contributed by atoms with Crippen LogP contribution in [0, 0.1) is 6.92 Å². The normalized spacial score (nSPS) is 17.4. The van der Waals surface area contributed by atoms with Gasteiger partial charge in [-0.05, 0) is 54.5 Å². The zero-order chi connectivity index (χ0) is 17.9. The molecule has 6 heteroatoms. The predicted molar refractivity (Wildman–Crippen MR) is 103 cm³/mol. The van der Waals surface area contributed by atoms with E-state index < -0.39 is 0 Å². The van der Waals surface area contributed by atoms with E-state index in [2.05, 4.69) is 14.5 Å².